The maximum atomic E-state index is 9.06. The van der Waals surface area contributed by atoms with Gasteiger partial charge in [0.2, 0.25) is 0 Å². The van der Waals surface area contributed by atoms with Crippen LogP contribution >= 0.6 is 0 Å². The molecule has 0 aromatic carbocycles. The lowest BCUT2D eigenvalue weighted by molar-refractivity contribution is -0.0367. The Bertz CT molecular complexity index is 311. The Hall–Kier alpha value is -0.550. The number of nitrogens with one attached hydrogen (secondary N) is 1. The average molecular weight is 232 g/mol. The van der Waals surface area contributed by atoms with Crippen molar-refractivity contribution in [1.82, 2.24) is 5.32 Å². The first-order valence-electron chi connectivity index (χ1n) is 7.23. The molecular weight excluding hydrogens is 208 g/mol. The number of nitrogens with zero attached hydrogens (tertiary/aromatic N) is 1. The normalized spacial score (nSPS) is 43.7. The second-order valence-corrected chi connectivity index (χ2v) is 7.21. The lowest BCUT2D eigenvalue weighted by Gasteiger charge is -2.54. The van der Waals surface area contributed by atoms with E-state index in [1.54, 1.807) is 0 Å². The Kier molecular flexibility index (Phi) is 2.70. The van der Waals surface area contributed by atoms with Gasteiger partial charge >= 0.3 is 0 Å². The van der Waals surface area contributed by atoms with Crippen LogP contribution in [0.4, 0.5) is 0 Å². The highest BCUT2D eigenvalue weighted by atomic mass is 15.0. The molecule has 4 saturated carbocycles. The van der Waals surface area contributed by atoms with Crippen molar-refractivity contribution in [3.05, 3.63) is 0 Å². The van der Waals surface area contributed by atoms with Crippen LogP contribution in [-0.4, -0.2) is 12.1 Å². The van der Waals surface area contributed by atoms with Crippen LogP contribution < -0.4 is 5.32 Å². The van der Waals surface area contributed by atoms with Gasteiger partial charge in [0.05, 0.1) is 6.07 Å². The predicted molar refractivity (Wildman–Crippen MR) is 68.2 cm³/mol. The molecule has 2 nitrogen and oxygen atoms in total. The van der Waals surface area contributed by atoms with Gasteiger partial charge in [0, 0.05) is 0 Å². The summed E-state index contributed by atoms with van der Waals surface area (Å²) in [5.74, 6) is 4.90. The highest BCUT2D eigenvalue weighted by Gasteiger charge is 2.48. The van der Waals surface area contributed by atoms with Crippen molar-refractivity contribution in [1.29, 1.82) is 5.26 Å². The summed E-state index contributed by atoms with van der Waals surface area (Å²) in [7, 11) is 0. The van der Waals surface area contributed by atoms with E-state index in [0.717, 1.165) is 36.1 Å². The topological polar surface area (TPSA) is 35.8 Å². The van der Waals surface area contributed by atoms with Gasteiger partial charge in [-0.2, -0.15) is 5.26 Å². The van der Waals surface area contributed by atoms with Crippen LogP contribution in [0.1, 0.15) is 46.0 Å². The van der Waals surface area contributed by atoms with Gasteiger partial charge in [-0.05, 0) is 82.1 Å². The zero-order valence-electron chi connectivity index (χ0n) is 11.1. The summed E-state index contributed by atoms with van der Waals surface area (Å²) < 4.78 is 0. The molecule has 4 aliphatic rings. The Labute approximate surface area is 105 Å². The van der Waals surface area contributed by atoms with Gasteiger partial charge in [0.15, 0.2) is 0 Å². The molecule has 4 rings (SSSR count). The molecule has 4 bridgehead atoms. The highest BCUT2D eigenvalue weighted by Crippen LogP contribution is 2.56. The van der Waals surface area contributed by atoms with Crippen LogP contribution in [-0.2, 0) is 0 Å². The Balaban J connectivity index is 1.63. The molecule has 0 aromatic rings. The highest BCUT2D eigenvalue weighted by molar-refractivity contribution is 5.03. The predicted octanol–water partition coefficient (Wildman–Crippen LogP) is 2.95. The number of rotatable bonds is 3. The molecule has 2 heteroatoms. The molecule has 0 aliphatic heterocycles. The van der Waals surface area contributed by atoms with E-state index in [1.165, 1.54) is 32.1 Å². The van der Waals surface area contributed by atoms with Crippen LogP contribution in [0.15, 0.2) is 0 Å². The summed E-state index contributed by atoms with van der Waals surface area (Å²) in [6.45, 7) is 5.04. The monoisotopic (exact) mass is 232 g/mol. The molecule has 1 N–H and O–H groups in total. The van der Waals surface area contributed by atoms with E-state index in [0.29, 0.717) is 0 Å². The first-order valence-corrected chi connectivity index (χ1v) is 7.23. The van der Waals surface area contributed by atoms with Gasteiger partial charge < -0.3 is 0 Å². The van der Waals surface area contributed by atoms with Crippen molar-refractivity contribution >= 4 is 0 Å². The van der Waals surface area contributed by atoms with Gasteiger partial charge in [0.1, 0.15) is 5.54 Å². The van der Waals surface area contributed by atoms with Crippen molar-refractivity contribution in [3.63, 3.8) is 0 Å². The third-order valence-electron chi connectivity index (χ3n) is 5.48. The average Bonchev–Trinajstić information content (AvgIpc) is 2.27. The summed E-state index contributed by atoms with van der Waals surface area (Å²) in [5, 5.41) is 12.5. The van der Waals surface area contributed by atoms with Gasteiger partial charge in [-0.25, -0.2) is 0 Å². The summed E-state index contributed by atoms with van der Waals surface area (Å²) in [6.07, 6.45) is 7.44. The van der Waals surface area contributed by atoms with Crippen molar-refractivity contribution in [2.45, 2.75) is 51.5 Å². The fourth-order valence-corrected chi connectivity index (χ4v) is 4.78. The molecule has 0 amide bonds. The van der Waals surface area contributed by atoms with E-state index in [1.807, 2.05) is 13.8 Å². The SMILES string of the molecule is CC(C)(C#N)NCC1C2CC3CC(C2)CC1C3. The van der Waals surface area contributed by atoms with Crippen LogP contribution in [0.5, 0.6) is 0 Å². The molecule has 0 radical (unpaired) electrons. The van der Waals surface area contributed by atoms with E-state index < -0.39 is 0 Å². The molecule has 17 heavy (non-hydrogen) atoms. The van der Waals surface area contributed by atoms with Gasteiger partial charge in [-0.15, -0.1) is 0 Å². The molecule has 0 saturated heterocycles. The lowest BCUT2D eigenvalue weighted by Crippen LogP contribution is -2.51. The van der Waals surface area contributed by atoms with Crippen LogP contribution in [0.2, 0.25) is 0 Å². The molecule has 0 unspecified atom stereocenters. The zero-order valence-corrected chi connectivity index (χ0v) is 11.1. The van der Waals surface area contributed by atoms with Crippen LogP contribution in [0.3, 0.4) is 0 Å². The molecule has 0 spiro atoms. The van der Waals surface area contributed by atoms with Crippen LogP contribution in [0.25, 0.3) is 0 Å². The fourth-order valence-electron chi connectivity index (χ4n) is 4.78. The second kappa shape index (κ2) is 3.99. The maximum absolute atomic E-state index is 9.06. The number of hydrogen-bond donors (Lipinski definition) is 1. The molecule has 0 heterocycles. The zero-order chi connectivity index (χ0) is 12.0. The number of hydrogen-bond acceptors (Lipinski definition) is 2. The smallest absolute Gasteiger partial charge is 0.101 e. The van der Waals surface area contributed by atoms with E-state index >= 15 is 0 Å². The van der Waals surface area contributed by atoms with E-state index in [4.69, 9.17) is 5.26 Å². The largest absolute Gasteiger partial charge is 0.300 e. The minimum absolute atomic E-state index is 0.353. The summed E-state index contributed by atoms with van der Waals surface area (Å²) >= 11 is 0. The van der Waals surface area contributed by atoms with Crippen molar-refractivity contribution in [2.75, 3.05) is 6.54 Å². The molecule has 0 aromatic heterocycles. The van der Waals surface area contributed by atoms with E-state index in [9.17, 15) is 0 Å². The van der Waals surface area contributed by atoms with Gasteiger partial charge in [-0.3, -0.25) is 5.32 Å². The quantitative estimate of drug-likeness (QED) is 0.812. The summed E-state index contributed by atoms with van der Waals surface area (Å²) in [6, 6.07) is 2.35. The van der Waals surface area contributed by atoms with E-state index in [2.05, 4.69) is 11.4 Å². The lowest BCUT2D eigenvalue weighted by atomic mass is 9.52. The van der Waals surface area contributed by atoms with Crippen molar-refractivity contribution in [3.8, 4) is 6.07 Å². The maximum Gasteiger partial charge on any atom is 0.101 e. The Morgan fingerprint density at radius 2 is 1.59 bits per heavy atom. The van der Waals surface area contributed by atoms with Crippen LogP contribution in [0, 0.1) is 40.9 Å². The second-order valence-electron chi connectivity index (χ2n) is 7.21. The number of nitriles is 1. The molecule has 0 atom stereocenters. The van der Waals surface area contributed by atoms with Crippen molar-refractivity contribution < 1.29 is 0 Å². The first kappa shape index (κ1) is 11.5. The van der Waals surface area contributed by atoms with Gasteiger partial charge in [0.25, 0.3) is 0 Å². The first-order chi connectivity index (χ1) is 8.07. The molecule has 4 fully saturated rings. The van der Waals surface area contributed by atoms with Gasteiger partial charge in [-0.1, -0.05) is 0 Å². The Morgan fingerprint density at radius 1 is 1.06 bits per heavy atom. The van der Waals surface area contributed by atoms with Crippen molar-refractivity contribution in [2.24, 2.45) is 29.6 Å². The fraction of sp³-hybridized carbons (Fsp3) is 0.933. The Morgan fingerprint density at radius 3 is 2.06 bits per heavy atom. The summed E-state index contributed by atoms with van der Waals surface area (Å²) in [5.41, 5.74) is -0.353. The third-order valence-corrected chi connectivity index (χ3v) is 5.48. The summed E-state index contributed by atoms with van der Waals surface area (Å²) in [4.78, 5) is 0. The molecular formula is C15H24N2. The molecule has 94 valence electrons. The molecule has 4 aliphatic carbocycles. The minimum Gasteiger partial charge on any atom is -0.300 e. The standard InChI is InChI=1S/C15H24N2/c1-15(2,9-16)17-8-14-12-4-10-3-11(6-12)7-13(14)5-10/h10-14,17H,3-8H2,1-2H3. The third kappa shape index (κ3) is 2.10. The minimum atomic E-state index is -0.353. The van der Waals surface area contributed by atoms with E-state index in [-0.39, 0.29) is 5.54 Å².